The van der Waals surface area contributed by atoms with E-state index >= 15 is 0 Å². The molecular formula is C16H19NO3S. The van der Waals surface area contributed by atoms with Gasteiger partial charge < -0.3 is 14.8 Å². The molecule has 1 amide bonds. The van der Waals surface area contributed by atoms with Gasteiger partial charge in [0.25, 0.3) is 0 Å². The first-order chi connectivity index (χ1) is 10.00. The third kappa shape index (κ3) is 4.65. The normalized spacial score (nSPS) is 14.4. The molecule has 4 nitrogen and oxygen atoms in total. The minimum atomic E-state index is -0.901. The first kappa shape index (κ1) is 15.7. The standard InChI is InChI=1S/C16H19NO3S/c1-16(19,11-21-2)10-17-15(18)8-7-13-9-12-5-3-4-6-14(12)20-13/h3-9,19H,10-11H2,1-2H3,(H,17,18). The van der Waals surface area contributed by atoms with Crippen molar-refractivity contribution >= 4 is 34.7 Å². The van der Waals surface area contributed by atoms with Gasteiger partial charge in [0, 0.05) is 23.8 Å². The van der Waals surface area contributed by atoms with Crippen LogP contribution in [0, 0.1) is 0 Å². The van der Waals surface area contributed by atoms with Crippen LogP contribution in [-0.4, -0.2) is 35.2 Å². The highest BCUT2D eigenvalue weighted by atomic mass is 32.2. The molecule has 2 N–H and O–H groups in total. The summed E-state index contributed by atoms with van der Waals surface area (Å²) in [6, 6.07) is 9.55. The molecule has 2 aromatic rings. The van der Waals surface area contributed by atoms with E-state index in [0.717, 1.165) is 11.0 Å². The fourth-order valence-electron chi connectivity index (χ4n) is 1.94. The summed E-state index contributed by atoms with van der Waals surface area (Å²) in [5.74, 6) is 0.944. The van der Waals surface area contributed by atoms with Crippen molar-refractivity contribution in [2.24, 2.45) is 0 Å². The summed E-state index contributed by atoms with van der Waals surface area (Å²) in [5, 5.41) is 13.6. The van der Waals surface area contributed by atoms with Gasteiger partial charge in [-0.05, 0) is 31.4 Å². The van der Waals surface area contributed by atoms with Gasteiger partial charge in [-0.2, -0.15) is 11.8 Å². The number of carbonyl (C=O) groups excluding carboxylic acids is 1. The lowest BCUT2D eigenvalue weighted by atomic mass is 10.1. The van der Waals surface area contributed by atoms with Crippen molar-refractivity contribution in [3.8, 4) is 0 Å². The fraction of sp³-hybridized carbons (Fsp3) is 0.312. The van der Waals surface area contributed by atoms with E-state index in [-0.39, 0.29) is 12.5 Å². The summed E-state index contributed by atoms with van der Waals surface area (Å²) in [5.41, 5.74) is -0.108. The monoisotopic (exact) mass is 305 g/mol. The van der Waals surface area contributed by atoms with Gasteiger partial charge in [-0.25, -0.2) is 0 Å². The van der Waals surface area contributed by atoms with Crippen LogP contribution in [0.15, 0.2) is 40.8 Å². The van der Waals surface area contributed by atoms with Crippen LogP contribution in [0.1, 0.15) is 12.7 Å². The summed E-state index contributed by atoms with van der Waals surface area (Å²) < 4.78 is 5.58. The highest BCUT2D eigenvalue weighted by Crippen LogP contribution is 2.19. The van der Waals surface area contributed by atoms with E-state index in [1.807, 2.05) is 36.6 Å². The first-order valence-corrected chi connectivity index (χ1v) is 8.05. The summed E-state index contributed by atoms with van der Waals surface area (Å²) in [4.78, 5) is 11.7. The summed E-state index contributed by atoms with van der Waals surface area (Å²) in [7, 11) is 0. The molecule has 2 rings (SSSR count). The molecule has 1 atom stereocenters. The van der Waals surface area contributed by atoms with Crippen LogP contribution in [0.5, 0.6) is 0 Å². The number of nitrogens with one attached hydrogen (secondary N) is 1. The second kappa shape index (κ2) is 6.83. The average Bonchev–Trinajstić information content (AvgIpc) is 2.86. The van der Waals surface area contributed by atoms with Gasteiger partial charge in [-0.1, -0.05) is 18.2 Å². The van der Waals surface area contributed by atoms with E-state index in [9.17, 15) is 9.90 Å². The number of amides is 1. The molecule has 0 spiro atoms. The van der Waals surface area contributed by atoms with Gasteiger partial charge in [0.1, 0.15) is 11.3 Å². The number of benzene rings is 1. The Kier molecular flexibility index (Phi) is 5.09. The number of hydrogen-bond donors (Lipinski definition) is 2. The van der Waals surface area contributed by atoms with Gasteiger partial charge in [-0.15, -0.1) is 0 Å². The molecule has 0 radical (unpaired) electrons. The molecule has 21 heavy (non-hydrogen) atoms. The molecule has 0 aliphatic rings. The number of furan rings is 1. The van der Waals surface area contributed by atoms with E-state index in [2.05, 4.69) is 5.32 Å². The van der Waals surface area contributed by atoms with Crippen molar-refractivity contribution < 1.29 is 14.3 Å². The highest BCUT2D eigenvalue weighted by Gasteiger charge is 2.19. The zero-order chi connectivity index (χ0) is 15.3. The van der Waals surface area contributed by atoms with Crippen molar-refractivity contribution in [3.63, 3.8) is 0 Å². The van der Waals surface area contributed by atoms with Gasteiger partial charge in [0.15, 0.2) is 0 Å². The van der Waals surface area contributed by atoms with E-state index < -0.39 is 5.60 Å². The second-order valence-electron chi connectivity index (χ2n) is 5.17. The Hall–Kier alpha value is -1.72. The fourth-order valence-corrected chi connectivity index (χ4v) is 2.66. The molecule has 1 aromatic carbocycles. The smallest absolute Gasteiger partial charge is 0.244 e. The molecule has 0 saturated heterocycles. The van der Waals surface area contributed by atoms with Crippen LogP contribution in [-0.2, 0) is 4.79 Å². The van der Waals surface area contributed by atoms with Crippen molar-refractivity contribution in [2.75, 3.05) is 18.6 Å². The van der Waals surface area contributed by atoms with Gasteiger partial charge >= 0.3 is 0 Å². The van der Waals surface area contributed by atoms with Gasteiger partial charge in [-0.3, -0.25) is 4.79 Å². The Morgan fingerprint density at radius 3 is 2.95 bits per heavy atom. The Bertz CT molecular complexity index is 613. The van der Waals surface area contributed by atoms with E-state index in [4.69, 9.17) is 4.42 Å². The minimum Gasteiger partial charge on any atom is -0.457 e. The second-order valence-corrected chi connectivity index (χ2v) is 6.03. The van der Waals surface area contributed by atoms with Crippen LogP contribution in [0.2, 0.25) is 0 Å². The number of fused-ring (bicyclic) bond motifs is 1. The molecule has 0 fully saturated rings. The van der Waals surface area contributed by atoms with Crippen LogP contribution >= 0.6 is 11.8 Å². The highest BCUT2D eigenvalue weighted by molar-refractivity contribution is 7.98. The van der Waals surface area contributed by atoms with Crippen LogP contribution in [0.3, 0.4) is 0 Å². The molecule has 0 aliphatic carbocycles. The first-order valence-electron chi connectivity index (χ1n) is 6.66. The Balaban J connectivity index is 1.93. The Morgan fingerprint density at radius 1 is 1.48 bits per heavy atom. The topological polar surface area (TPSA) is 62.5 Å². The lowest BCUT2D eigenvalue weighted by Crippen LogP contribution is -2.41. The van der Waals surface area contributed by atoms with Crippen molar-refractivity contribution in [1.82, 2.24) is 5.32 Å². The van der Waals surface area contributed by atoms with Gasteiger partial charge in [0.05, 0.1) is 5.60 Å². The largest absolute Gasteiger partial charge is 0.457 e. The quantitative estimate of drug-likeness (QED) is 0.806. The number of aliphatic hydroxyl groups is 1. The average molecular weight is 305 g/mol. The molecule has 1 unspecified atom stereocenters. The zero-order valence-electron chi connectivity index (χ0n) is 12.1. The maximum atomic E-state index is 11.7. The summed E-state index contributed by atoms with van der Waals surface area (Å²) >= 11 is 1.54. The number of carbonyl (C=O) groups is 1. The molecule has 0 bridgehead atoms. The molecule has 0 saturated carbocycles. The maximum absolute atomic E-state index is 11.7. The maximum Gasteiger partial charge on any atom is 0.244 e. The van der Waals surface area contributed by atoms with Crippen molar-refractivity contribution in [1.29, 1.82) is 0 Å². The number of rotatable bonds is 6. The predicted molar refractivity (Wildman–Crippen MR) is 87.3 cm³/mol. The lowest BCUT2D eigenvalue weighted by molar-refractivity contribution is -0.117. The van der Waals surface area contributed by atoms with E-state index in [0.29, 0.717) is 11.5 Å². The van der Waals surface area contributed by atoms with Crippen LogP contribution < -0.4 is 5.32 Å². The SMILES string of the molecule is CSCC(C)(O)CNC(=O)C=Cc1cc2ccccc2o1. The molecule has 0 aliphatic heterocycles. The van der Waals surface area contributed by atoms with E-state index in [1.165, 1.54) is 17.8 Å². The number of thioether (sulfide) groups is 1. The van der Waals surface area contributed by atoms with Crippen LogP contribution in [0.4, 0.5) is 0 Å². The van der Waals surface area contributed by atoms with Gasteiger partial charge in [0.2, 0.25) is 5.91 Å². The zero-order valence-corrected chi connectivity index (χ0v) is 12.9. The summed E-state index contributed by atoms with van der Waals surface area (Å²) in [6.07, 6.45) is 4.95. The third-order valence-corrected chi connectivity index (χ3v) is 3.85. The molecule has 112 valence electrons. The number of hydrogen-bond acceptors (Lipinski definition) is 4. The predicted octanol–water partition coefficient (Wildman–Crippen LogP) is 2.68. The summed E-state index contributed by atoms with van der Waals surface area (Å²) in [6.45, 7) is 1.92. The third-order valence-electron chi connectivity index (χ3n) is 2.94. The number of para-hydroxylation sites is 1. The Labute approximate surface area is 128 Å². The molecule has 5 heteroatoms. The molecular weight excluding hydrogens is 286 g/mol. The Morgan fingerprint density at radius 2 is 2.24 bits per heavy atom. The molecule has 1 aromatic heterocycles. The van der Waals surface area contributed by atoms with Crippen molar-refractivity contribution in [2.45, 2.75) is 12.5 Å². The van der Waals surface area contributed by atoms with Crippen LogP contribution in [0.25, 0.3) is 17.0 Å². The van der Waals surface area contributed by atoms with Crippen molar-refractivity contribution in [3.05, 3.63) is 42.2 Å². The van der Waals surface area contributed by atoms with E-state index in [1.54, 1.807) is 13.0 Å². The minimum absolute atomic E-state index is 0.219. The molecule has 1 heterocycles. The lowest BCUT2D eigenvalue weighted by Gasteiger charge is -2.21.